The zero-order valence-corrected chi connectivity index (χ0v) is 26.3. The van der Waals surface area contributed by atoms with E-state index in [1.807, 2.05) is 0 Å². The highest BCUT2D eigenvalue weighted by molar-refractivity contribution is 7.00. The standard InChI is InChI=1S/C43H29BN2/c1-22-16-18-31-40-36(22)37-23(2)17-20-34-42(37)46(40)41-32(43(31)29-13-7-5-10-27(29)28-11-6-8-14-30(28)43)19-21-35-38(41)44(34)33-15-9-12-26-24(3)25(4)45(35)39(26)33/h5-21H,1-4H3. The Morgan fingerprint density at radius 2 is 1.17 bits per heavy atom. The predicted molar refractivity (Wildman–Crippen MR) is 192 cm³/mol. The van der Waals surface area contributed by atoms with Crippen molar-refractivity contribution in [3.8, 4) is 22.5 Å². The minimum atomic E-state index is -0.405. The lowest BCUT2D eigenvalue weighted by Crippen LogP contribution is -2.60. The zero-order valence-electron chi connectivity index (χ0n) is 26.3. The maximum Gasteiger partial charge on any atom is 0.252 e. The number of hydrogen-bond donors (Lipinski definition) is 0. The molecular weight excluding hydrogens is 555 g/mol. The molecule has 0 saturated carbocycles. The minimum absolute atomic E-state index is 0.167. The number of hydrogen-bond acceptors (Lipinski definition) is 0. The summed E-state index contributed by atoms with van der Waals surface area (Å²) in [7, 11) is 0. The number of benzene rings is 6. The van der Waals surface area contributed by atoms with Crippen LogP contribution in [0.15, 0.2) is 103 Å². The molecule has 0 saturated heterocycles. The molecule has 1 spiro atoms. The second-order valence-corrected chi connectivity index (χ2v) is 14.1. The van der Waals surface area contributed by atoms with Gasteiger partial charge in [0.05, 0.1) is 10.9 Å². The van der Waals surface area contributed by atoms with Crippen molar-refractivity contribution in [3.63, 3.8) is 0 Å². The minimum Gasteiger partial charge on any atom is -0.315 e. The molecule has 12 rings (SSSR count). The van der Waals surface area contributed by atoms with Crippen LogP contribution in [0.5, 0.6) is 0 Å². The van der Waals surface area contributed by atoms with E-state index in [0.29, 0.717) is 0 Å². The topological polar surface area (TPSA) is 9.86 Å². The molecule has 2 aromatic heterocycles. The number of fused-ring (bicyclic) bond motifs is 11. The first-order valence-corrected chi connectivity index (χ1v) is 16.6. The summed E-state index contributed by atoms with van der Waals surface area (Å²) in [5.74, 6) is 0. The summed E-state index contributed by atoms with van der Waals surface area (Å²) in [6, 6.07) is 40.1. The predicted octanol–water partition coefficient (Wildman–Crippen LogP) is 7.78. The number of para-hydroxylation sites is 1. The summed E-state index contributed by atoms with van der Waals surface area (Å²) in [6.45, 7) is 9.40. The van der Waals surface area contributed by atoms with E-state index in [4.69, 9.17) is 0 Å². The summed E-state index contributed by atoms with van der Waals surface area (Å²) in [5, 5.41) is 4.21. The van der Waals surface area contributed by atoms with Crippen molar-refractivity contribution in [1.29, 1.82) is 0 Å². The summed E-state index contributed by atoms with van der Waals surface area (Å²) in [6.07, 6.45) is 0. The molecule has 5 heterocycles. The fourth-order valence-electron chi connectivity index (χ4n) is 10.6. The lowest BCUT2D eigenvalue weighted by Gasteiger charge is -2.44. The van der Waals surface area contributed by atoms with Crippen LogP contribution in [0.2, 0.25) is 0 Å². The van der Waals surface area contributed by atoms with Gasteiger partial charge in [-0.1, -0.05) is 97.1 Å². The average molecular weight is 585 g/mol. The van der Waals surface area contributed by atoms with Crippen LogP contribution in [-0.2, 0) is 5.41 Å². The van der Waals surface area contributed by atoms with Crippen molar-refractivity contribution < 1.29 is 0 Å². The summed E-state index contributed by atoms with van der Waals surface area (Å²) >= 11 is 0. The first-order valence-electron chi connectivity index (χ1n) is 16.6. The number of aromatic nitrogens is 2. The molecule has 0 unspecified atom stereocenters. The van der Waals surface area contributed by atoms with Crippen LogP contribution < -0.4 is 16.4 Å². The van der Waals surface area contributed by atoms with Gasteiger partial charge in [-0.3, -0.25) is 0 Å². The van der Waals surface area contributed by atoms with E-state index in [9.17, 15) is 0 Å². The van der Waals surface area contributed by atoms with Crippen molar-refractivity contribution in [2.24, 2.45) is 0 Å². The molecule has 1 aliphatic carbocycles. The third kappa shape index (κ3) is 2.22. The van der Waals surface area contributed by atoms with Crippen molar-refractivity contribution in [2.75, 3.05) is 0 Å². The van der Waals surface area contributed by atoms with Gasteiger partial charge in [-0.05, 0) is 100 Å². The van der Waals surface area contributed by atoms with E-state index in [-0.39, 0.29) is 6.71 Å². The summed E-state index contributed by atoms with van der Waals surface area (Å²) < 4.78 is 5.30. The van der Waals surface area contributed by atoms with E-state index in [1.54, 1.807) is 0 Å². The lowest BCUT2D eigenvalue weighted by atomic mass is 9.33. The second kappa shape index (κ2) is 7.40. The van der Waals surface area contributed by atoms with Crippen LogP contribution in [0.4, 0.5) is 0 Å². The molecule has 0 radical (unpaired) electrons. The van der Waals surface area contributed by atoms with Crippen molar-refractivity contribution in [2.45, 2.75) is 33.1 Å². The Kier molecular flexibility index (Phi) is 3.86. The number of nitrogens with zero attached hydrogens (tertiary/aromatic N) is 2. The quantitative estimate of drug-likeness (QED) is 0.161. The average Bonchev–Trinajstić information content (AvgIpc) is 3.69. The molecule has 46 heavy (non-hydrogen) atoms. The molecular formula is C43H29BN2. The Morgan fingerprint density at radius 1 is 0.522 bits per heavy atom. The van der Waals surface area contributed by atoms with Crippen LogP contribution in [0, 0.1) is 27.7 Å². The second-order valence-electron chi connectivity index (χ2n) is 14.1. The molecule has 0 N–H and O–H groups in total. The van der Waals surface area contributed by atoms with Crippen LogP contribution in [-0.4, -0.2) is 15.8 Å². The highest BCUT2D eigenvalue weighted by Crippen LogP contribution is 2.61. The SMILES string of the molecule is Cc1c(C)n2c3c(cccc13)B1c3c-2ccc2c3-n3c4c1ccc(C)c4c1c(C)ccc(c13)C21c2ccccc2-c2ccccc21. The number of rotatable bonds is 0. The molecule has 4 aliphatic rings. The van der Waals surface area contributed by atoms with E-state index in [1.165, 1.54) is 116 Å². The molecule has 8 aromatic rings. The van der Waals surface area contributed by atoms with Gasteiger partial charge in [0.15, 0.2) is 0 Å². The Balaban J connectivity index is 1.42. The molecule has 0 bridgehead atoms. The molecule has 3 aliphatic heterocycles. The van der Waals surface area contributed by atoms with Gasteiger partial charge in [-0.2, -0.15) is 0 Å². The molecule has 0 fully saturated rings. The third-order valence-corrected chi connectivity index (χ3v) is 12.4. The summed E-state index contributed by atoms with van der Waals surface area (Å²) in [5.41, 5.74) is 24.6. The first kappa shape index (κ1) is 24.0. The maximum atomic E-state index is 2.71. The fourth-order valence-corrected chi connectivity index (χ4v) is 10.6. The van der Waals surface area contributed by atoms with Gasteiger partial charge in [0.25, 0.3) is 6.71 Å². The van der Waals surface area contributed by atoms with Gasteiger partial charge >= 0.3 is 0 Å². The van der Waals surface area contributed by atoms with Gasteiger partial charge in [0.2, 0.25) is 0 Å². The van der Waals surface area contributed by atoms with Gasteiger partial charge in [0, 0.05) is 44.3 Å². The zero-order chi connectivity index (χ0) is 30.4. The molecule has 0 atom stereocenters. The smallest absolute Gasteiger partial charge is 0.252 e. The van der Waals surface area contributed by atoms with Crippen LogP contribution in [0.1, 0.15) is 44.6 Å². The van der Waals surface area contributed by atoms with Crippen molar-refractivity contribution >= 4 is 55.8 Å². The Morgan fingerprint density at radius 3 is 1.93 bits per heavy atom. The first-order chi connectivity index (χ1) is 22.5. The van der Waals surface area contributed by atoms with Crippen LogP contribution >= 0.6 is 0 Å². The van der Waals surface area contributed by atoms with E-state index in [2.05, 4.69) is 140 Å². The van der Waals surface area contributed by atoms with Gasteiger partial charge in [-0.25, -0.2) is 0 Å². The van der Waals surface area contributed by atoms with Crippen LogP contribution in [0.3, 0.4) is 0 Å². The Labute approximate surface area is 267 Å². The van der Waals surface area contributed by atoms with Gasteiger partial charge in [0.1, 0.15) is 0 Å². The molecule has 2 nitrogen and oxygen atoms in total. The largest absolute Gasteiger partial charge is 0.315 e. The van der Waals surface area contributed by atoms with E-state index < -0.39 is 5.41 Å². The summed E-state index contributed by atoms with van der Waals surface area (Å²) in [4.78, 5) is 0. The Hall–Kier alpha value is -5.28. The fraction of sp³-hybridized carbons (Fsp3) is 0.116. The maximum absolute atomic E-state index is 2.71. The van der Waals surface area contributed by atoms with Gasteiger partial charge in [-0.15, -0.1) is 0 Å². The van der Waals surface area contributed by atoms with Crippen molar-refractivity contribution in [3.05, 3.63) is 148 Å². The lowest BCUT2D eigenvalue weighted by molar-refractivity contribution is 0.748. The number of aryl methyl sites for hydroxylation is 3. The van der Waals surface area contributed by atoms with E-state index in [0.717, 1.165) is 0 Å². The van der Waals surface area contributed by atoms with Crippen LogP contribution in [0.25, 0.3) is 55.2 Å². The monoisotopic (exact) mass is 584 g/mol. The van der Waals surface area contributed by atoms with E-state index >= 15 is 0 Å². The molecule has 6 aromatic carbocycles. The third-order valence-electron chi connectivity index (χ3n) is 12.4. The highest BCUT2D eigenvalue weighted by atomic mass is 15.1. The Bertz CT molecular complexity index is 2760. The normalized spacial score (nSPS) is 15.1. The molecule has 0 amide bonds. The highest BCUT2D eigenvalue weighted by Gasteiger charge is 2.54. The molecule has 214 valence electrons. The van der Waals surface area contributed by atoms with Gasteiger partial charge < -0.3 is 9.13 Å². The van der Waals surface area contributed by atoms with Crippen molar-refractivity contribution in [1.82, 2.24) is 9.13 Å². The molecule has 3 heteroatoms.